The van der Waals surface area contributed by atoms with E-state index in [9.17, 15) is 0 Å². The van der Waals surface area contributed by atoms with E-state index in [0.717, 1.165) is 52.7 Å². The molecule has 7 nitrogen and oxygen atoms in total. The maximum atomic E-state index is 6.76. The number of hydrazone groups is 1. The second-order valence-electron chi connectivity index (χ2n) is 9.14. The summed E-state index contributed by atoms with van der Waals surface area (Å²) in [7, 11) is 1.69. The Kier molecular flexibility index (Phi) is 3.96. The van der Waals surface area contributed by atoms with E-state index in [2.05, 4.69) is 31.0 Å². The van der Waals surface area contributed by atoms with E-state index in [1.165, 1.54) is 0 Å². The highest BCUT2D eigenvalue weighted by molar-refractivity contribution is 6.02. The van der Waals surface area contributed by atoms with E-state index in [0.29, 0.717) is 13.0 Å². The molecule has 0 unspecified atom stereocenters. The van der Waals surface area contributed by atoms with Crippen LogP contribution in [0.4, 0.5) is 0 Å². The van der Waals surface area contributed by atoms with E-state index in [-0.39, 0.29) is 18.4 Å². The molecule has 0 aliphatic carbocycles. The Morgan fingerprint density at radius 2 is 2.00 bits per heavy atom. The van der Waals surface area contributed by atoms with E-state index in [1.54, 1.807) is 7.11 Å². The molecule has 2 aromatic rings. The molecule has 2 aromatic carbocycles. The standard InChI is InChI=1S/C24H26N2O5/c1-23(2)13-24(9-10-30-23)26-18(16-5-4-6-20(27-3)22(16)31-24)12-17(25-26)15-7-8-19-21(11-15)29-14-28-19/h4-8,11,18H,9-10,12-14H2,1-3H3/t18-,24+/m0/s1. The van der Waals surface area contributed by atoms with Crippen molar-refractivity contribution in [3.63, 3.8) is 0 Å². The lowest BCUT2D eigenvalue weighted by Crippen LogP contribution is -2.60. The fourth-order valence-electron chi connectivity index (χ4n) is 5.25. The fourth-order valence-corrected chi connectivity index (χ4v) is 5.25. The summed E-state index contributed by atoms with van der Waals surface area (Å²) in [4.78, 5) is 0. The number of fused-ring (bicyclic) bond motifs is 5. The number of benzene rings is 2. The van der Waals surface area contributed by atoms with Gasteiger partial charge >= 0.3 is 0 Å². The van der Waals surface area contributed by atoms with E-state index >= 15 is 0 Å². The Morgan fingerprint density at radius 3 is 2.84 bits per heavy atom. The van der Waals surface area contributed by atoms with Gasteiger partial charge in [-0.25, -0.2) is 5.01 Å². The molecule has 7 heteroatoms. The predicted molar refractivity (Wildman–Crippen MR) is 114 cm³/mol. The van der Waals surface area contributed by atoms with Crippen LogP contribution in [-0.4, -0.2) is 42.6 Å². The van der Waals surface area contributed by atoms with Gasteiger partial charge in [-0.05, 0) is 38.1 Å². The molecule has 1 saturated heterocycles. The van der Waals surface area contributed by atoms with Crippen LogP contribution in [0, 0.1) is 0 Å². The van der Waals surface area contributed by atoms with Gasteiger partial charge in [0.05, 0.1) is 31.1 Å². The lowest BCUT2D eigenvalue weighted by Gasteiger charge is -2.52. The van der Waals surface area contributed by atoms with Crippen LogP contribution in [0.5, 0.6) is 23.0 Å². The lowest BCUT2D eigenvalue weighted by molar-refractivity contribution is -0.212. The topological polar surface area (TPSA) is 61.8 Å². The molecule has 0 saturated carbocycles. The zero-order valence-corrected chi connectivity index (χ0v) is 18.0. The van der Waals surface area contributed by atoms with Crippen molar-refractivity contribution in [3.8, 4) is 23.0 Å². The van der Waals surface area contributed by atoms with Gasteiger partial charge < -0.3 is 23.7 Å². The molecule has 2 atom stereocenters. The molecule has 0 radical (unpaired) electrons. The predicted octanol–water partition coefficient (Wildman–Crippen LogP) is 4.25. The Hall–Kier alpha value is -2.93. The molecule has 162 valence electrons. The first-order chi connectivity index (χ1) is 15.0. The molecule has 0 bridgehead atoms. The van der Waals surface area contributed by atoms with E-state index in [4.69, 9.17) is 28.8 Å². The maximum absolute atomic E-state index is 6.76. The van der Waals surface area contributed by atoms with Crippen molar-refractivity contribution < 1.29 is 23.7 Å². The van der Waals surface area contributed by atoms with E-state index < -0.39 is 5.72 Å². The molecular weight excluding hydrogens is 396 g/mol. The molecule has 4 aliphatic heterocycles. The van der Waals surface area contributed by atoms with Gasteiger partial charge in [0.2, 0.25) is 12.5 Å². The molecule has 0 N–H and O–H groups in total. The first-order valence-electron chi connectivity index (χ1n) is 10.7. The van der Waals surface area contributed by atoms with Crippen LogP contribution in [0.2, 0.25) is 0 Å². The number of hydrogen-bond donors (Lipinski definition) is 0. The monoisotopic (exact) mass is 422 g/mol. The third-order valence-corrected chi connectivity index (χ3v) is 6.60. The average molecular weight is 422 g/mol. The van der Waals surface area contributed by atoms with Gasteiger partial charge in [0.15, 0.2) is 23.0 Å². The largest absolute Gasteiger partial charge is 0.493 e. The summed E-state index contributed by atoms with van der Waals surface area (Å²) >= 11 is 0. The third kappa shape index (κ3) is 2.86. The minimum absolute atomic E-state index is 0.0770. The molecule has 1 fully saturated rings. The average Bonchev–Trinajstić information content (AvgIpc) is 3.40. The summed E-state index contributed by atoms with van der Waals surface area (Å²) in [6, 6.07) is 12.2. The molecular formula is C24H26N2O5. The maximum Gasteiger partial charge on any atom is 0.231 e. The van der Waals surface area contributed by atoms with Crippen LogP contribution in [0.3, 0.4) is 0 Å². The Balaban J connectivity index is 1.46. The van der Waals surface area contributed by atoms with Gasteiger partial charge in [-0.1, -0.05) is 12.1 Å². The number of nitrogens with zero attached hydrogens (tertiary/aromatic N) is 2. The Bertz CT molecular complexity index is 1080. The number of rotatable bonds is 2. The van der Waals surface area contributed by atoms with Crippen molar-refractivity contribution in [1.29, 1.82) is 0 Å². The Labute approximate surface area is 181 Å². The number of para-hydroxylation sites is 1. The summed E-state index contributed by atoms with van der Waals surface area (Å²) in [5.41, 5.74) is 2.29. The summed E-state index contributed by atoms with van der Waals surface area (Å²) in [5.74, 6) is 3.13. The summed E-state index contributed by atoms with van der Waals surface area (Å²) in [6.45, 7) is 5.11. The molecule has 4 aliphatic rings. The minimum Gasteiger partial charge on any atom is -0.493 e. The SMILES string of the molecule is COc1cccc2c1O[C@@]1(CCOC(C)(C)C1)N1N=C(c3ccc4c(c3)OCO4)C[C@@H]21. The number of hydrogen-bond acceptors (Lipinski definition) is 7. The lowest BCUT2D eigenvalue weighted by atomic mass is 9.86. The zero-order valence-electron chi connectivity index (χ0n) is 18.0. The van der Waals surface area contributed by atoms with E-state index in [1.807, 2.05) is 24.3 Å². The molecule has 0 amide bonds. The van der Waals surface area contributed by atoms with Crippen molar-refractivity contribution >= 4 is 5.71 Å². The fraction of sp³-hybridized carbons (Fsp3) is 0.458. The third-order valence-electron chi connectivity index (χ3n) is 6.60. The molecule has 31 heavy (non-hydrogen) atoms. The number of ether oxygens (including phenoxy) is 5. The van der Waals surface area contributed by atoms with Crippen LogP contribution in [0.15, 0.2) is 41.5 Å². The zero-order chi connectivity index (χ0) is 21.2. The van der Waals surface area contributed by atoms with Crippen molar-refractivity contribution in [2.24, 2.45) is 5.10 Å². The van der Waals surface area contributed by atoms with Crippen LogP contribution >= 0.6 is 0 Å². The smallest absolute Gasteiger partial charge is 0.231 e. The quantitative estimate of drug-likeness (QED) is 0.721. The summed E-state index contributed by atoms with van der Waals surface area (Å²) < 4.78 is 29.5. The van der Waals surface area contributed by atoms with Crippen LogP contribution in [0.25, 0.3) is 0 Å². The normalized spacial score (nSPS) is 27.4. The highest BCUT2D eigenvalue weighted by Crippen LogP contribution is 2.54. The van der Waals surface area contributed by atoms with Crippen LogP contribution in [0.1, 0.15) is 50.3 Å². The van der Waals surface area contributed by atoms with Crippen LogP contribution in [-0.2, 0) is 4.74 Å². The molecule has 0 aromatic heterocycles. The van der Waals surface area contributed by atoms with Crippen molar-refractivity contribution in [3.05, 3.63) is 47.5 Å². The van der Waals surface area contributed by atoms with Gasteiger partial charge in [-0.2, -0.15) is 5.10 Å². The van der Waals surface area contributed by atoms with Crippen molar-refractivity contribution in [2.75, 3.05) is 20.5 Å². The molecule has 6 rings (SSSR count). The first-order valence-corrected chi connectivity index (χ1v) is 10.7. The highest BCUT2D eigenvalue weighted by atomic mass is 16.7. The summed E-state index contributed by atoms with van der Waals surface area (Å²) in [6.07, 6.45) is 2.24. The van der Waals surface area contributed by atoms with Gasteiger partial charge in [-0.3, -0.25) is 0 Å². The molecule has 1 spiro atoms. The van der Waals surface area contributed by atoms with Gasteiger partial charge in [0, 0.05) is 30.4 Å². The number of methoxy groups -OCH3 is 1. The van der Waals surface area contributed by atoms with Crippen molar-refractivity contribution in [1.82, 2.24) is 5.01 Å². The van der Waals surface area contributed by atoms with Crippen molar-refractivity contribution in [2.45, 2.75) is 50.5 Å². The first kappa shape index (κ1) is 18.8. The minimum atomic E-state index is -0.577. The van der Waals surface area contributed by atoms with Gasteiger partial charge in [-0.15, -0.1) is 0 Å². The van der Waals surface area contributed by atoms with Gasteiger partial charge in [0.1, 0.15) is 0 Å². The molecule has 4 heterocycles. The second kappa shape index (κ2) is 6.53. The summed E-state index contributed by atoms with van der Waals surface area (Å²) in [5, 5.41) is 7.31. The second-order valence-corrected chi connectivity index (χ2v) is 9.14. The Morgan fingerprint density at radius 1 is 1.13 bits per heavy atom. The highest BCUT2D eigenvalue weighted by Gasteiger charge is 2.55. The van der Waals surface area contributed by atoms with Crippen LogP contribution < -0.4 is 18.9 Å². The van der Waals surface area contributed by atoms with Gasteiger partial charge in [0.25, 0.3) is 0 Å².